The zero-order chi connectivity index (χ0) is 20.1. The lowest BCUT2D eigenvalue weighted by atomic mass is 10.2. The fourth-order valence-corrected chi connectivity index (χ4v) is 2.92. The number of hydrogen-bond acceptors (Lipinski definition) is 6. The Morgan fingerprint density at radius 3 is 1.86 bits per heavy atom. The van der Waals surface area contributed by atoms with Crippen LogP contribution in [0.15, 0.2) is 91.3 Å². The Labute approximate surface area is 174 Å². The van der Waals surface area contributed by atoms with Crippen LogP contribution >= 0.6 is 11.6 Å². The highest BCUT2D eigenvalue weighted by Crippen LogP contribution is 2.30. The summed E-state index contributed by atoms with van der Waals surface area (Å²) < 4.78 is 0. The predicted octanol–water partition coefficient (Wildman–Crippen LogP) is 5.62. The van der Waals surface area contributed by atoms with Gasteiger partial charge in [0.15, 0.2) is 11.6 Å². The normalized spacial score (nSPS) is 10.4. The van der Waals surface area contributed by atoms with Crippen molar-refractivity contribution in [3.63, 3.8) is 0 Å². The number of para-hydroxylation sites is 2. The molecular formula is C22H19ClN6. The summed E-state index contributed by atoms with van der Waals surface area (Å²) in [5, 5.41) is 5.78. The molecule has 1 aromatic heterocycles. The van der Waals surface area contributed by atoms with E-state index in [9.17, 15) is 0 Å². The van der Waals surface area contributed by atoms with Crippen LogP contribution in [-0.2, 0) is 0 Å². The highest BCUT2D eigenvalue weighted by atomic mass is 35.5. The number of hydrogen-bond donors (Lipinski definition) is 3. The Kier molecular flexibility index (Phi) is 5.45. The number of nitrogen functional groups attached to an aromatic ring is 1. The van der Waals surface area contributed by atoms with E-state index in [1.165, 1.54) is 6.33 Å². The molecule has 7 heteroatoms. The van der Waals surface area contributed by atoms with Crippen molar-refractivity contribution < 1.29 is 0 Å². The quantitative estimate of drug-likeness (QED) is 0.363. The highest BCUT2D eigenvalue weighted by molar-refractivity contribution is 6.30. The van der Waals surface area contributed by atoms with Crippen molar-refractivity contribution in [1.82, 2.24) is 9.97 Å². The molecule has 4 N–H and O–H groups in total. The van der Waals surface area contributed by atoms with E-state index in [0.717, 1.165) is 17.1 Å². The first-order valence-electron chi connectivity index (χ1n) is 9.00. The summed E-state index contributed by atoms with van der Waals surface area (Å²) in [6.45, 7) is 0. The summed E-state index contributed by atoms with van der Waals surface area (Å²) in [7, 11) is 0. The molecule has 0 bridgehead atoms. The van der Waals surface area contributed by atoms with Crippen LogP contribution in [0.5, 0.6) is 0 Å². The standard InChI is InChI=1S/C22H19ClN6/c23-16-11-13-17(14-12-16)27-21-20(24)22(26-15-25-21)28-29(18-7-3-1-4-8-18)19-9-5-2-6-10-19/h1-15H,24H2,(H2,25,26,27,28). The third-order valence-corrected chi connectivity index (χ3v) is 4.49. The second-order valence-corrected chi connectivity index (χ2v) is 6.67. The first-order chi connectivity index (χ1) is 14.2. The minimum atomic E-state index is 0.402. The van der Waals surface area contributed by atoms with Crippen molar-refractivity contribution in [3.05, 3.63) is 96.3 Å². The Morgan fingerprint density at radius 2 is 1.28 bits per heavy atom. The number of hydrazine groups is 1. The summed E-state index contributed by atoms with van der Waals surface area (Å²) in [4.78, 5) is 8.61. The van der Waals surface area contributed by atoms with Crippen LogP contribution < -0.4 is 21.5 Å². The van der Waals surface area contributed by atoms with Gasteiger partial charge in [-0.15, -0.1) is 0 Å². The van der Waals surface area contributed by atoms with Gasteiger partial charge in [0.2, 0.25) is 0 Å². The van der Waals surface area contributed by atoms with Gasteiger partial charge in [0.25, 0.3) is 0 Å². The van der Waals surface area contributed by atoms with Gasteiger partial charge in [-0.3, -0.25) is 10.4 Å². The third kappa shape index (κ3) is 4.39. The molecule has 0 fully saturated rings. The van der Waals surface area contributed by atoms with Crippen molar-refractivity contribution in [2.24, 2.45) is 0 Å². The molecule has 6 nitrogen and oxygen atoms in total. The molecule has 0 unspecified atom stereocenters. The average molecular weight is 403 g/mol. The van der Waals surface area contributed by atoms with E-state index in [0.29, 0.717) is 22.3 Å². The van der Waals surface area contributed by atoms with E-state index in [4.69, 9.17) is 17.3 Å². The van der Waals surface area contributed by atoms with Crippen LogP contribution in [0.1, 0.15) is 0 Å². The molecule has 3 aromatic carbocycles. The van der Waals surface area contributed by atoms with Gasteiger partial charge in [-0.1, -0.05) is 48.0 Å². The maximum Gasteiger partial charge on any atom is 0.173 e. The van der Waals surface area contributed by atoms with E-state index >= 15 is 0 Å². The van der Waals surface area contributed by atoms with Gasteiger partial charge >= 0.3 is 0 Å². The summed E-state index contributed by atoms with van der Waals surface area (Å²) in [6, 6.07) is 27.2. The molecule has 0 radical (unpaired) electrons. The van der Waals surface area contributed by atoms with E-state index in [2.05, 4.69) is 20.7 Å². The fraction of sp³-hybridized carbons (Fsp3) is 0. The van der Waals surface area contributed by atoms with E-state index in [-0.39, 0.29) is 0 Å². The van der Waals surface area contributed by atoms with Crippen molar-refractivity contribution >= 4 is 46.0 Å². The van der Waals surface area contributed by atoms with Gasteiger partial charge in [0.1, 0.15) is 12.0 Å². The number of nitrogens with zero attached hydrogens (tertiary/aromatic N) is 3. The Hall–Kier alpha value is -3.77. The van der Waals surface area contributed by atoms with E-state index in [1.807, 2.05) is 77.8 Å². The van der Waals surface area contributed by atoms with Gasteiger partial charge in [0, 0.05) is 10.7 Å². The molecule has 0 spiro atoms. The minimum Gasteiger partial charge on any atom is -0.393 e. The zero-order valence-corrected chi connectivity index (χ0v) is 16.2. The number of benzene rings is 3. The zero-order valence-electron chi connectivity index (χ0n) is 15.5. The third-order valence-electron chi connectivity index (χ3n) is 4.24. The lowest BCUT2D eigenvalue weighted by molar-refractivity contribution is 1.09. The number of nitrogens with one attached hydrogen (secondary N) is 2. The molecular weight excluding hydrogens is 384 g/mol. The largest absolute Gasteiger partial charge is 0.393 e. The van der Waals surface area contributed by atoms with Crippen molar-refractivity contribution in [1.29, 1.82) is 0 Å². The SMILES string of the molecule is Nc1c(Nc2ccc(Cl)cc2)ncnc1NN(c1ccccc1)c1ccccc1. The highest BCUT2D eigenvalue weighted by Gasteiger charge is 2.14. The molecule has 0 saturated carbocycles. The Morgan fingerprint density at radius 1 is 0.724 bits per heavy atom. The summed E-state index contributed by atoms with van der Waals surface area (Å²) in [6.07, 6.45) is 1.46. The number of anilines is 6. The molecule has 4 rings (SSSR count). The smallest absolute Gasteiger partial charge is 0.173 e. The monoisotopic (exact) mass is 402 g/mol. The van der Waals surface area contributed by atoms with Crippen LogP contribution in [0.3, 0.4) is 0 Å². The lowest BCUT2D eigenvalue weighted by Crippen LogP contribution is -2.26. The average Bonchev–Trinajstić information content (AvgIpc) is 2.77. The summed E-state index contributed by atoms with van der Waals surface area (Å²) >= 11 is 5.95. The van der Waals surface area contributed by atoms with Crippen LogP contribution in [0, 0.1) is 0 Å². The molecule has 144 valence electrons. The van der Waals surface area contributed by atoms with Crippen LogP contribution in [-0.4, -0.2) is 9.97 Å². The second kappa shape index (κ2) is 8.50. The first kappa shape index (κ1) is 18.6. The number of rotatable bonds is 6. The van der Waals surface area contributed by atoms with Gasteiger partial charge < -0.3 is 11.1 Å². The van der Waals surface area contributed by atoms with Crippen LogP contribution in [0.25, 0.3) is 0 Å². The molecule has 29 heavy (non-hydrogen) atoms. The number of nitrogens with two attached hydrogens (primary N) is 1. The van der Waals surface area contributed by atoms with E-state index in [1.54, 1.807) is 12.1 Å². The Balaban J connectivity index is 1.65. The molecule has 4 aromatic rings. The van der Waals surface area contributed by atoms with Crippen molar-refractivity contribution in [2.45, 2.75) is 0 Å². The molecule has 0 aliphatic carbocycles. The van der Waals surface area contributed by atoms with Gasteiger partial charge in [-0.05, 0) is 48.5 Å². The topological polar surface area (TPSA) is 79.1 Å². The number of halogens is 1. The molecule has 0 atom stereocenters. The number of aromatic nitrogens is 2. The molecule has 0 aliphatic rings. The van der Waals surface area contributed by atoms with Crippen molar-refractivity contribution in [2.75, 3.05) is 21.5 Å². The van der Waals surface area contributed by atoms with Gasteiger partial charge in [-0.2, -0.15) is 0 Å². The second-order valence-electron chi connectivity index (χ2n) is 6.23. The van der Waals surface area contributed by atoms with Crippen molar-refractivity contribution in [3.8, 4) is 0 Å². The Bertz CT molecular complexity index is 1030. The van der Waals surface area contributed by atoms with E-state index < -0.39 is 0 Å². The summed E-state index contributed by atoms with van der Waals surface area (Å²) in [5.41, 5.74) is 12.8. The molecule has 1 heterocycles. The minimum absolute atomic E-state index is 0.402. The maximum atomic E-state index is 6.36. The molecule has 0 amide bonds. The first-order valence-corrected chi connectivity index (χ1v) is 9.38. The summed E-state index contributed by atoms with van der Waals surface area (Å²) in [5.74, 6) is 0.995. The van der Waals surface area contributed by atoms with Crippen LogP contribution in [0.4, 0.5) is 34.4 Å². The van der Waals surface area contributed by atoms with Gasteiger partial charge in [0.05, 0.1) is 11.4 Å². The molecule has 0 saturated heterocycles. The predicted molar refractivity (Wildman–Crippen MR) is 120 cm³/mol. The molecule has 0 aliphatic heterocycles. The maximum absolute atomic E-state index is 6.36. The van der Waals surface area contributed by atoms with Crippen LogP contribution in [0.2, 0.25) is 5.02 Å². The fourth-order valence-electron chi connectivity index (χ4n) is 2.79. The lowest BCUT2D eigenvalue weighted by Gasteiger charge is -2.26. The van der Waals surface area contributed by atoms with Gasteiger partial charge in [-0.25, -0.2) is 9.97 Å².